The zero-order chi connectivity index (χ0) is 15.7. The van der Waals surface area contributed by atoms with Crippen molar-refractivity contribution in [2.24, 2.45) is 5.92 Å². The molecule has 118 valence electrons. The second-order valence-corrected chi connectivity index (χ2v) is 5.95. The molecule has 1 aliphatic carbocycles. The van der Waals surface area contributed by atoms with Gasteiger partial charge in [0.05, 0.1) is 17.1 Å². The predicted molar refractivity (Wildman–Crippen MR) is 82.3 cm³/mol. The average molecular weight is 303 g/mol. The largest absolute Gasteiger partial charge is 0.393 e. The van der Waals surface area contributed by atoms with E-state index in [1.54, 1.807) is 18.2 Å². The molecule has 1 saturated carbocycles. The molecule has 0 bridgehead atoms. The highest BCUT2D eigenvalue weighted by Gasteiger charge is 2.33. The van der Waals surface area contributed by atoms with Gasteiger partial charge in [0.1, 0.15) is 12.4 Å². The Kier molecular flexibility index (Phi) is 4.13. The first-order valence-corrected chi connectivity index (χ1v) is 7.69. The zero-order valence-electron chi connectivity index (χ0n) is 12.5. The molecule has 2 aromatic rings. The molecule has 4 N–H and O–H groups in total. The van der Waals surface area contributed by atoms with Gasteiger partial charge in [0.15, 0.2) is 0 Å². The number of hydrogen-bond donors (Lipinski definition) is 4. The Bertz CT molecular complexity index is 676. The van der Waals surface area contributed by atoms with Crippen molar-refractivity contribution in [2.45, 2.75) is 44.9 Å². The lowest BCUT2D eigenvalue weighted by molar-refractivity contribution is 0.0232. The molecule has 0 radical (unpaired) electrons. The number of fused-ring (bicyclic) bond motifs is 1. The highest BCUT2D eigenvalue weighted by atomic mass is 16.3. The number of H-pyrrole nitrogens is 1. The number of aromatic amines is 1. The number of rotatable bonds is 5. The minimum Gasteiger partial charge on any atom is -0.393 e. The maximum absolute atomic E-state index is 12.4. The number of nitrogens with one attached hydrogen (secondary N) is 2. The Labute approximate surface area is 128 Å². The van der Waals surface area contributed by atoms with Gasteiger partial charge >= 0.3 is 0 Å². The van der Waals surface area contributed by atoms with Crippen molar-refractivity contribution >= 4 is 16.9 Å². The van der Waals surface area contributed by atoms with E-state index in [4.69, 9.17) is 5.11 Å². The van der Waals surface area contributed by atoms with Crippen LogP contribution in [0.1, 0.15) is 42.4 Å². The van der Waals surface area contributed by atoms with Crippen molar-refractivity contribution in [2.75, 3.05) is 0 Å². The van der Waals surface area contributed by atoms with Crippen LogP contribution in [-0.4, -0.2) is 38.2 Å². The van der Waals surface area contributed by atoms with Crippen molar-refractivity contribution in [3.05, 3.63) is 29.6 Å². The quantitative estimate of drug-likeness (QED) is 0.670. The molecular weight excluding hydrogens is 282 g/mol. The SMILES string of the molecule is CCC(NC(=O)c1ccc2nc(CO)[nH]c2c1)C1CC(O)C1. The van der Waals surface area contributed by atoms with E-state index in [9.17, 15) is 9.90 Å². The molecule has 1 fully saturated rings. The Morgan fingerprint density at radius 2 is 2.27 bits per heavy atom. The van der Waals surface area contributed by atoms with E-state index < -0.39 is 0 Å². The maximum atomic E-state index is 12.4. The van der Waals surface area contributed by atoms with Gasteiger partial charge in [0, 0.05) is 11.6 Å². The number of imidazole rings is 1. The molecule has 1 heterocycles. The molecule has 3 rings (SSSR count). The molecule has 1 unspecified atom stereocenters. The Morgan fingerprint density at radius 1 is 1.50 bits per heavy atom. The molecule has 1 amide bonds. The van der Waals surface area contributed by atoms with E-state index in [0.29, 0.717) is 17.3 Å². The monoisotopic (exact) mass is 303 g/mol. The number of benzene rings is 1. The van der Waals surface area contributed by atoms with Crippen LogP contribution in [0.4, 0.5) is 0 Å². The molecule has 6 heteroatoms. The smallest absolute Gasteiger partial charge is 0.251 e. The molecule has 1 aromatic heterocycles. The molecule has 1 aliphatic rings. The van der Waals surface area contributed by atoms with Crippen LogP contribution in [0, 0.1) is 5.92 Å². The first-order valence-electron chi connectivity index (χ1n) is 7.69. The lowest BCUT2D eigenvalue weighted by atomic mass is 9.76. The predicted octanol–water partition coefficient (Wildman–Crippen LogP) is 1.33. The topological polar surface area (TPSA) is 98.2 Å². The molecule has 0 saturated heterocycles. The van der Waals surface area contributed by atoms with Crippen LogP contribution in [0.3, 0.4) is 0 Å². The fourth-order valence-corrected chi connectivity index (χ4v) is 3.04. The summed E-state index contributed by atoms with van der Waals surface area (Å²) in [6.07, 6.45) is 2.16. The van der Waals surface area contributed by atoms with Gasteiger partial charge in [-0.15, -0.1) is 0 Å². The second-order valence-electron chi connectivity index (χ2n) is 5.95. The minimum atomic E-state index is -0.214. The standard InChI is InChI=1S/C16H21N3O3/c1-2-12(10-5-11(21)6-10)19-16(22)9-3-4-13-14(7-9)18-15(8-20)17-13/h3-4,7,10-12,20-21H,2,5-6,8H2,1H3,(H,17,18)(H,19,22). The number of aliphatic hydroxyl groups is 2. The lowest BCUT2D eigenvalue weighted by Crippen LogP contribution is -2.46. The third-order valence-electron chi connectivity index (χ3n) is 4.42. The van der Waals surface area contributed by atoms with Crippen molar-refractivity contribution in [1.82, 2.24) is 15.3 Å². The van der Waals surface area contributed by atoms with Crippen LogP contribution in [0.25, 0.3) is 11.0 Å². The highest BCUT2D eigenvalue weighted by molar-refractivity contribution is 5.97. The van der Waals surface area contributed by atoms with Crippen molar-refractivity contribution in [1.29, 1.82) is 0 Å². The van der Waals surface area contributed by atoms with Crippen LogP contribution in [0.2, 0.25) is 0 Å². The summed E-state index contributed by atoms with van der Waals surface area (Å²) in [4.78, 5) is 19.6. The fraction of sp³-hybridized carbons (Fsp3) is 0.500. The number of amides is 1. The first-order chi connectivity index (χ1) is 10.6. The zero-order valence-corrected chi connectivity index (χ0v) is 12.5. The van der Waals surface area contributed by atoms with E-state index in [1.807, 2.05) is 6.92 Å². The molecule has 0 spiro atoms. The minimum absolute atomic E-state index is 0.0985. The number of aliphatic hydroxyl groups excluding tert-OH is 2. The normalized spacial score (nSPS) is 22.3. The second kappa shape index (κ2) is 6.06. The maximum Gasteiger partial charge on any atom is 0.251 e. The van der Waals surface area contributed by atoms with Crippen LogP contribution in [0.5, 0.6) is 0 Å². The van der Waals surface area contributed by atoms with Gasteiger partial charge in [-0.2, -0.15) is 0 Å². The van der Waals surface area contributed by atoms with Gasteiger partial charge in [-0.05, 0) is 43.4 Å². The van der Waals surface area contributed by atoms with Gasteiger partial charge < -0.3 is 20.5 Å². The van der Waals surface area contributed by atoms with Gasteiger partial charge in [0.2, 0.25) is 0 Å². The van der Waals surface area contributed by atoms with Crippen molar-refractivity contribution in [3.8, 4) is 0 Å². The van der Waals surface area contributed by atoms with Gasteiger partial charge in [-0.1, -0.05) is 6.92 Å². The summed E-state index contributed by atoms with van der Waals surface area (Å²) in [6, 6.07) is 5.36. The third kappa shape index (κ3) is 2.84. The number of nitrogens with zero attached hydrogens (tertiary/aromatic N) is 1. The summed E-state index contributed by atoms with van der Waals surface area (Å²) < 4.78 is 0. The Balaban J connectivity index is 1.73. The lowest BCUT2D eigenvalue weighted by Gasteiger charge is -2.37. The highest BCUT2D eigenvalue weighted by Crippen LogP contribution is 2.31. The van der Waals surface area contributed by atoms with Crippen LogP contribution in [0.15, 0.2) is 18.2 Å². The first kappa shape index (κ1) is 15.0. The van der Waals surface area contributed by atoms with Crippen molar-refractivity contribution < 1.29 is 15.0 Å². The van der Waals surface area contributed by atoms with Gasteiger partial charge in [-0.3, -0.25) is 4.79 Å². The molecule has 0 aliphatic heterocycles. The van der Waals surface area contributed by atoms with Gasteiger partial charge in [-0.25, -0.2) is 4.98 Å². The fourth-order valence-electron chi connectivity index (χ4n) is 3.04. The third-order valence-corrected chi connectivity index (χ3v) is 4.42. The number of carbonyl (C=O) groups is 1. The van der Waals surface area contributed by atoms with Crippen LogP contribution < -0.4 is 5.32 Å². The van der Waals surface area contributed by atoms with E-state index in [2.05, 4.69) is 15.3 Å². The number of carbonyl (C=O) groups excluding carboxylic acids is 1. The molecule has 1 aromatic carbocycles. The summed E-state index contributed by atoms with van der Waals surface area (Å²) >= 11 is 0. The summed E-state index contributed by atoms with van der Waals surface area (Å²) in [6.45, 7) is 1.89. The van der Waals surface area contributed by atoms with E-state index >= 15 is 0 Å². The van der Waals surface area contributed by atoms with Crippen LogP contribution >= 0.6 is 0 Å². The summed E-state index contributed by atoms with van der Waals surface area (Å²) in [5.74, 6) is 0.735. The van der Waals surface area contributed by atoms with E-state index in [0.717, 1.165) is 30.3 Å². The number of hydrogen-bond acceptors (Lipinski definition) is 4. The summed E-state index contributed by atoms with van der Waals surface area (Å²) in [5, 5.41) is 21.6. The summed E-state index contributed by atoms with van der Waals surface area (Å²) in [5.41, 5.74) is 2.04. The summed E-state index contributed by atoms with van der Waals surface area (Å²) in [7, 11) is 0. The van der Waals surface area contributed by atoms with E-state index in [-0.39, 0.29) is 24.7 Å². The Morgan fingerprint density at radius 3 is 2.91 bits per heavy atom. The van der Waals surface area contributed by atoms with Crippen LogP contribution in [-0.2, 0) is 6.61 Å². The Hall–Kier alpha value is -1.92. The molecule has 22 heavy (non-hydrogen) atoms. The van der Waals surface area contributed by atoms with Gasteiger partial charge in [0.25, 0.3) is 5.91 Å². The van der Waals surface area contributed by atoms with Crippen molar-refractivity contribution in [3.63, 3.8) is 0 Å². The average Bonchev–Trinajstić information content (AvgIpc) is 2.91. The molecule has 6 nitrogen and oxygen atoms in total. The number of aromatic nitrogens is 2. The molecule has 1 atom stereocenters. The molecular formula is C16H21N3O3. The van der Waals surface area contributed by atoms with E-state index in [1.165, 1.54) is 0 Å².